The summed E-state index contributed by atoms with van der Waals surface area (Å²) >= 11 is 0. The Kier molecular flexibility index (Phi) is 5.23. The zero-order valence-electron chi connectivity index (χ0n) is 11.9. The molecule has 0 aliphatic carbocycles. The number of nitro groups is 1. The standard InChI is InChI=1S/C13H17N3O5/c1-7(2)14-12(18)8(3)15-13(19)9-5-4-6-10(11(9)17)16(20)21/h4-8,17H,1-3H3,(H,14,18)(H,15,19). The van der Waals surface area contributed by atoms with Crippen LogP contribution in [-0.4, -0.2) is 33.9 Å². The van der Waals surface area contributed by atoms with Crippen LogP contribution in [0.4, 0.5) is 5.69 Å². The van der Waals surface area contributed by atoms with E-state index in [4.69, 9.17) is 0 Å². The third-order valence-electron chi connectivity index (χ3n) is 2.63. The second-order valence-electron chi connectivity index (χ2n) is 4.79. The number of phenols is 1. The van der Waals surface area contributed by atoms with Gasteiger partial charge < -0.3 is 15.7 Å². The van der Waals surface area contributed by atoms with Crippen molar-refractivity contribution in [2.24, 2.45) is 0 Å². The average molecular weight is 295 g/mol. The fourth-order valence-corrected chi connectivity index (χ4v) is 1.61. The molecule has 0 spiro atoms. The number of carbonyl (C=O) groups excluding carboxylic acids is 2. The van der Waals surface area contributed by atoms with Gasteiger partial charge in [0.2, 0.25) is 11.7 Å². The van der Waals surface area contributed by atoms with E-state index in [1.54, 1.807) is 13.8 Å². The molecule has 0 bridgehead atoms. The summed E-state index contributed by atoms with van der Waals surface area (Å²) in [6.45, 7) is 5.03. The van der Waals surface area contributed by atoms with Crippen LogP contribution in [0, 0.1) is 10.1 Å². The van der Waals surface area contributed by atoms with Crippen molar-refractivity contribution in [3.63, 3.8) is 0 Å². The van der Waals surface area contributed by atoms with Gasteiger partial charge >= 0.3 is 5.69 Å². The Hall–Kier alpha value is -2.64. The van der Waals surface area contributed by atoms with E-state index >= 15 is 0 Å². The minimum atomic E-state index is -0.835. The van der Waals surface area contributed by atoms with Gasteiger partial charge in [0.05, 0.1) is 10.5 Å². The lowest BCUT2D eigenvalue weighted by Gasteiger charge is -2.16. The maximum Gasteiger partial charge on any atom is 0.311 e. The van der Waals surface area contributed by atoms with Gasteiger partial charge in [-0.3, -0.25) is 19.7 Å². The molecule has 1 atom stereocenters. The molecule has 0 fully saturated rings. The Morgan fingerprint density at radius 3 is 2.38 bits per heavy atom. The highest BCUT2D eigenvalue weighted by Gasteiger charge is 2.23. The molecule has 3 N–H and O–H groups in total. The van der Waals surface area contributed by atoms with Crippen LogP contribution in [0.3, 0.4) is 0 Å². The van der Waals surface area contributed by atoms with E-state index in [2.05, 4.69) is 10.6 Å². The summed E-state index contributed by atoms with van der Waals surface area (Å²) in [5.41, 5.74) is -0.824. The molecule has 0 aromatic heterocycles. The van der Waals surface area contributed by atoms with Crippen LogP contribution < -0.4 is 10.6 Å². The molecule has 0 aliphatic heterocycles. The van der Waals surface area contributed by atoms with E-state index in [9.17, 15) is 24.8 Å². The first-order chi connectivity index (χ1) is 9.73. The van der Waals surface area contributed by atoms with E-state index in [0.29, 0.717) is 0 Å². The lowest BCUT2D eigenvalue weighted by molar-refractivity contribution is -0.385. The van der Waals surface area contributed by atoms with Crippen molar-refractivity contribution in [2.45, 2.75) is 32.9 Å². The fraction of sp³-hybridized carbons (Fsp3) is 0.385. The molecule has 114 valence electrons. The zero-order chi connectivity index (χ0) is 16.2. The van der Waals surface area contributed by atoms with Crippen LogP contribution >= 0.6 is 0 Å². The maximum absolute atomic E-state index is 12.0. The molecule has 1 aromatic carbocycles. The number of rotatable bonds is 5. The summed E-state index contributed by atoms with van der Waals surface area (Å²) in [7, 11) is 0. The molecule has 8 heteroatoms. The van der Waals surface area contributed by atoms with E-state index in [0.717, 1.165) is 6.07 Å². The van der Waals surface area contributed by atoms with E-state index < -0.39 is 28.3 Å². The molecule has 0 radical (unpaired) electrons. The topological polar surface area (TPSA) is 122 Å². The summed E-state index contributed by atoms with van der Waals surface area (Å²) in [6.07, 6.45) is 0. The fourth-order valence-electron chi connectivity index (χ4n) is 1.61. The van der Waals surface area contributed by atoms with Crippen LogP contribution in [0.1, 0.15) is 31.1 Å². The van der Waals surface area contributed by atoms with Crippen LogP contribution in [0.25, 0.3) is 0 Å². The molecule has 0 saturated carbocycles. The van der Waals surface area contributed by atoms with Gasteiger partial charge in [-0.25, -0.2) is 0 Å². The van der Waals surface area contributed by atoms with Gasteiger partial charge in [0, 0.05) is 12.1 Å². The number of nitro benzene ring substituents is 1. The SMILES string of the molecule is CC(C)NC(=O)C(C)NC(=O)c1cccc([N+](=O)[O-])c1O. The molecule has 1 rings (SSSR count). The predicted molar refractivity (Wildman–Crippen MR) is 75.0 cm³/mol. The number of phenolic OH excluding ortho intramolecular Hbond substituents is 1. The normalized spacial score (nSPS) is 11.8. The summed E-state index contributed by atoms with van der Waals surface area (Å²) < 4.78 is 0. The highest BCUT2D eigenvalue weighted by Crippen LogP contribution is 2.29. The quantitative estimate of drug-likeness (QED) is 0.551. The average Bonchev–Trinajstić information content (AvgIpc) is 2.37. The number of para-hydroxylation sites is 1. The second kappa shape index (κ2) is 6.69. The number of nitrogens with one attached hydrogen (secondary N) is 2. The van der Waals surface area contributed by atoms with Gasteiger partial charge in [-0.15, -0.1) is 0 Å². The number of amides is 2. The molecule has 21 heavy (non-hydrogen) atoms. The van der Waals surface area contributed by atoms with Crippen LogP contribution in [0.5, 0.6) is 5.75 Å². The molecule has 2 amide bonds. The summed E-state index contributed by atoms with van der Waals surface area (Å²) in [4.78, 5) is 33.6. The monoisotopic (exact) mass is 295 g/mol. The van der Waals surface area contributed by atoms with Crippen molar-refractivity contribution >= 4 is 17.5 Å². The number of nitrogens with zero attached hydrogens (tertiary/aromatic N) is 1. The molecule has 0 aliphatic rings. The summed E-state index contributed by atoms with van der Waals surface area (Å²) in [5, 5.41) is 25.4. The van der Waals surface area contributed by atoms with Crippen molar-refractivity contribution in [3.8, 4) is 5.75 Å². The number of benzene rings is 1. The van der Waals surface area contributed by atoms with Gasteiger partial charge in [0.25, 0.3) is 5.91 Å². The molecular weight excluding hydrogens is 278 g/mol. The van der Waals surface area contributed by atoms with E-state index in [1.807, 2.05) is 0 Å². The predicted octanol–water partition coefficient (Wildman–Crippen LogP) is 0.943. The first kappa shape index (κ1) is 16.4. The Bertz CT molecular complexity index is 571. The number of carbonyl (C=O) groups is 2. The highest BCUT2D eigenvalue weighted by atomic mass is 16.6. The molecule has 0 heterocycles. The molecule has 8 nitrogen and oxygen atoms in total. The van der Waals surface area contributed by atoms with Gasteiger partial charge in [0.1, 0.15) is 6.04 Å². The maximum atomic E-state index is 12.0. The third-order valence-corrected chi connectivity index (χ3v) is 2.63. The van der Waals surface area contributed by atoms with Crippen LogP contribution in [-0.2, 0) is 4.79 Å². The summed E-state index contributed by atoms with van der Waals surface area (Å²) in [6, 6.07) is 2.69. The minimum Gasteiger partial charge on any atom is -0.502 e. The Labute approximate surface area is 121 Å². The molecular formula is C13H17N3O5. The number of hydrogen-bond acceptors (Lipinski definition) is 5. The molecule has 1 unspecified atom stereocenters. The third kappa shape index (κ3) is 4.16. The van der Waals surface area contributed by atoms with Gasteiger partial charge in [-0.2, -0.15) is 0 Å². The van der Waals surface area contributed by atoms with Crippen molar-refractivity contribution < 1.29 is 19.6 Å². The molecule has 0 saturated heterocycles. The summed E-state index contributed by atoms with van der Waals surface area (Å²) in [5.74, 6) is -1.87. The van der Waals surface area contributed by atoms with E-state index in [-0.39, 0.29) is 17.5 Å². The Morgan fingerprint density at radius 1 is 1.24 bits per heavy atom. The smallest absolute Gasteiger partial charge is 0.311 e. The van der Waals surface area contributed by atoms with Gasteiger partial charge in [0.15, 0.2) is 0 Å². The first-order valence-electron chi connectivity index (χ1n) is 6.31. The number of aromatic hydroxyl groups is 1. The van der Waals surface area contributed by atoms with Crippen molar-refractivity contribution in [1.29, 1.82) is 0 Å². The van der Waals surface area contributed by atoms with Crippen molar-refractivity contribution in [1.82, 2.24) is 10.6 Å². The van der Waals surface area contributed by atoms with Gasteiger partial charge in [-0.1, -0.05) is 6.07 Å². The van der Waals surface area contributed by atoms with Gasteiger partial charge in [-0.05, 0) is 26.8 Å². The Balaban J connectivity index is 2.88. The lowest BCUT2D eigenvalue weighted by Crippen LogP contribution is -2.46. The second-order valence-corrected chi connectivity index (χ2v) is 4.79. The van der Waals surface area contributed by atoms with Crippen LogP contribution in [0.15, 0.2) is 18.2 Å². The Morgan fingerprint density at radius 2 is 1.86 bits per heavy atom. The minimum absolute atomic E-state index is 0.0805. The largest absolute Gasteiger partial charge is 0.502 e. The highest BCUT2D eigenvalue weighted by molar-refractivity contribution is 6.00. The van der Waals surface area contributed by atoms with E-state index in [1.165, 1.54) is 19.1 Å². The number of hydrogen-bond donors (Lipinski definition) is 3. The first-order valence-corrected chi connectivity index (χ1v) is 6.31. The van der Waals surface area contributed by atoms with Crippen molar-refractivity contribution in [2.75, 3.05) is 0 Å². The van der Waals surface area contributed by atoms with Crippen molar-refractivity contribution in [3.05, 3.63) is 33.9 Å². The zero-order valence-corrected chi connectivity index (χ0v) is 11.9. The molecule has 1 aromatic rings. The van der Waals surface area contributed by atoms with Crippen LogP contribution in [0.2, 0.25) is 0 Å². The lowest BCUT2D eigenvalue weighted by atomic mass is 10.1.